The number of esters is 1. The van der Waals surface area contributed by atoms with E-state index < -0.39 is 41.5 Å². The molecule has 0 aromatic heterocycles. The molecule has 1 N–H and O–H groups in total. The van der Waals surface area contributed by atoms with Crippen molar-refractivity contribution in [2.45, 2.75) is 44.5 Å². The number of ether oxygens (including phenoxy) is 2. The predicted molar refractivity (Wildman–Crippen MR) is 138 cm³/mol. The van der Waals surface area contributed by atoms with Crippen LogP contribution in [-0.2, 0) is 26.1 Å². The van der Waals surface area contributed by atoms with E-state index >= 15 is 0 Å². The van der Waals surface area contributed by atoms with E-state index in [0.717, 1.165) is 3.57 Å². The number of carbonyl (C=O) groups is 1. The zero-order valence-corrected chi connectivity index (χ0v) is 23.8. The standard InChI is InChI=1S/C22H27F3INO6SSi/c1-6-32-21(28)17(27-16-9-7-15(26)8-10-16)11-14-12-18(31-2)20(35(3,4)5)19(13-14)33-34(29,30)22(23,24)25/h7-10,12-13,17,27H,6,11H2,1-5H3. The number of benzene rings is 2. The second kappa shape index (κ2) is 11.4. The average molecular weight is 646 g/mol. The molecule has 13 heteroatoms. The van der Waals surface area contributed by atoms with Crippen molar-refractivity contribution in [1.82, 2.24) is 0 Å². The van der Waals surface area contributed by atoms with Crippen LogP contribution in [0.4, 0.5) is 18.9 Å². The van der Waals surface area contributed by atoms with Crippen LogP contribution in [0.2, 0.25) is 19.6 Å². The summed E-state index contributed by atoms with van der Waals surface area (Å²) in [6, 6.07) is 9.09. The maximum Gasteiger partial charge on any atom is 0.534 e. The van der Waals surface area contributed by atoms with Crippen LogP contribution in [0.15, 0.2) is 36.4 Å². The van der Waals surface area contributed by atoms with Crippen molar-refractivity contribution >= 4 is 57.6 Å². The van der Waals surface area contributed by atoms with E-state index in [-0.39, 0.29) is 24.0 Å². The molecule has 0 radical (unpaired) electrons. The fourth-order valence-corrected chi connectivity index (χ4v) is 5.98. The summed E-state index contributed by atoms with van der Waals surface area (Å²) in [6.07, 6.45) is -0.0322. The molecule has 0 spiro atoms. The lowest BCUT2D eigenvalue weighted by Gasteiger charge is -2.25. The average Bonchev–Trinajstić information content (AvgIpc) is 2.72. The molecule has 0 saturated heterocycles. The van der Waals surface area contributed by atoms with Gasteiger partial charge in [0.25, 0.3) is 0 Å². The predicted octanol–water partition coefficient (Wildman–Crippen LogP) is 4.66. The number of hydrogen-bond acceptors (Lipinski definition) is 7. The lowest BCUT2D eigenvalue weighted by atomic mass is 10.0. The first-order chi connectivity index (χ1) is 16.1. The largest absolute Gasteiger partial charge is 0.534 e. The van der Waals surface area contributed by atoms with Crippen LogP contribution in [-0.4, -0.2) is 47.7 Å². The highest BCUT2D eigenvalue weighted by molar-refractivity contribution is 14.1. The van der Waals surface area contributed by atoms with Gasteiger partial charge in [0.05, 0.1) is 21.8 Å². The van der Waals surface area contributed by atoms with Crippen molar-refractivity contribution in [2.24, 2.45) is 0 Å². The maximum absolute atomic E-state index is 13.1. The summed E-state index contributed by atoms with van der Waals surface area (Å²) >= 11 is 2.14. The third-order valence-electron chi connectivity index (χ3n) is 4.77. The molecule has 1 unspecified atom stereocenters. The number of methoxy groups -OCH3 is 1. The molecule has 0 saturated carbocycles. The normalized spacial score (nSPS) is 13.2. The van der Waals surface area contributed by atoms with Gasteiger partial charge >= 0.3 is 21.6 Å². The lowest BCUT2D eigenvalue weighted by Crippen LogP contribution is -2.41. The van der Waals surface area contributed by atoms with Crippen LogP contribution >= 0.6 is 22.6 Å². The fourth-order valence-electron chi connectivity index (χ4n) is 3.31. The molecule has 0 bridgehead atoms. The van der Waals surface area contributed by atoms with Gasteiger partial charge in [-0.1, -0.05) is 19.6 Å². The van der Waals surface area contributed by atoms with E-state index in [1.165, 1.54) is 13.2 Å². The SMILES string of the molecule is CCOC(=O)C(Cc1cc(OC)c([Si](C)(C)C)c(OS(=O)(=O)C(F)(F)F)c1)Nc1ccc(I)cc1. The first kappa shape index (κ1) is 29.2. The van der Waals surface area contributed by atoms with E-state index in [4.69, 9.17) is 9.47 Å². The van der Waals surface area contributed by atoms with E-state index in [2.05, 4.69) is 32.1 Å². The topological polar surface area (TPSA) is 90.9 Å². The molecule has 0 fully saturated rings. The second-order valence-electron chi connectivity index (χ2n) is 8.56. The van der Waals surface area contributed by atoms with Crippen molar-refractivity contribution in [3.8, 4) is 11.5 Å². The quantitative estimate of drug-likeness (QED) is 0.132. The highest BCUT2D eigenvalue weighted by atomic mass is 127. The number of nitrogens with one attached hydrogen (secondary N) is 1. The second-order valence-corrected chi connectivity index (χ2v) is 16.3. The van der Waals surface area contributed by atoms with Crippen LogP contribution in [0, 0.1) is 3.57 Å². The number of halogens is 4. The first-order valence-electron chi connectivity index (χ1n) is 10.5. The molecule has 0 aliphatic rings. The van der Waals surface area contributed by atoms with Gasteiger partial charge in [-0.15, -0.1) is 0 Å². The maximum atomic E-state index is 13.1. The molecule has 0 heterocycles. The summed E-state index contributed by atoms with van der Waals surface area (Å²) in [5.74, 6) is -0.858. The van der Waals surface area contributed by atoms with Gasteiger partial charge in [0.1, 0.15) is 17.5 Å². The van der Waals surface area contributed by atoms with Gasteiger partial charge in [-0.25, -0.2) is 4.79 Å². The fraction of sp³-hybridized carbons (Fsp3) is 0.409. The molecular formula is C22H27F3INO6SSi. The summed E-state index contributed by atoms with van der Waals surface area (Å²) in [7, 11) is -7.05. The third kappa shape index (κ3) is 7.74. The van der Waals surface area contributed by atoms with Crippen molar-refractivity contribution < 1.29 is 40.0 Å². The molecule has 1 atom stereocenters. The molecule has 2 aromatic carbocycles. The van der Waals surface area contributed by atoms with E-state index in [0.29, 0.717) is 11.3 Å². The molecule has 0 amide bonds. The molecule has 0 aliphatic carbocycles. The van der Waals surface area contributed by atoms with Crippen LogP contribution in [0.1, 0.15) is 12.5 Å². The highest BCUT2D eigenvalue weighted by Crippen LogP contribution is 2.31. The van der Waals surface area contributed by atoms with Gasteiger partial charge < -0.3 is 19.0 Å². The Morgan fingerprint density at radius 1 is 1.11 bits per heavy atom. The highest BCUT2D eigenvalue weighted by Gasteiger charge is 2.49. The number of rotatable bonds is 10. The molecule has 7 nitrogen and oxygen atoms in total. The summed E-state index contributed by atoms with van der Waals surface area (Å²) < 4.78 is 79.1. The first-order valence-corrected chi connectivity index (χ1v) is 16.5. The van der Waals surface area contributed by atoms with Crippen molar-refractivity contribution in [2.75, 3.05) is 19.0 Å². The zero-order valence-electron chi connectivity index (χ0n) is 19.8. The Morgan fingerprint density at radius 2 is 1.69 bits per heavy atom. The van der Waals surface area contributed by atoms with Crippen LogP contribution in [0.25, 0.3) is 0 Å². The minimum Gasteiger partial charge on any atom is -0.497 e. The third-order valence-corrected chi connectivity index (χ3v) is 8.45. The van der Waals surface area contributed by atoms with Crippen molar-refractivity contribution in [3.05, 3.63) is 45.5 Å². The van der Waals surface area contributed by atoms with Gasteiger partial charge in [-0.2, -0.15) is 21.6 Å². The van der Waals surface area contributed by atoms with Crippen molar-refractivity contribution in [3.63, 3.8) is 0 Å². The number of hydrogen-bond donors (Lipinski definition) is 1. The van der Waals surface area contributed by atoms with Crippen molar-refractivity contribution in [1.29, 1.82) is 0 Å². The Morgan fingerprint density at radius 3 is 2.17 bits per heavy atom. The van der Waals surface area contributed by atoms with Crippen LogP contribution < -0.4 is 19.4 Å². The van der Waals surface area contributed by atoms with Gasteiger partial charge in [-0.05, 0) is 71.5 Å². The molecule has 0 aliphatic heterocycles. The Hall–Kier alpha value is -2.00. The van der Waals surface area contributed by atoms with Gasteiger partial charge in [0, 0.05) is 20.9 Å². The summed E-state index contributed by atoms with van der Waals surface area (Å²) in [4.78, 5) is 12.7. The minimum atomic E-state index is -5.92. The van der Waals surface area contributed by atoms with Gasteiger partial charge in [-0.3, -0.25) is 0 Å². The number of alkyl halides is 3. The Kier molecular flexibility index (Phi) is 9.50. The number of carbonyl (C=O) groups excluding carboxylic acids is 1. The summed E-state index contributed by atoms with van der Waals surface area (Å²) in [5, 5.41) is 3.34. The Labute approximate surface area is 217 Å². The van der Waals surface area contributed by atoms with Gasteiger partial charge in [0.2, 0.25) is 0 Å². The zero-order chi connectivity index (χ0) is 26.6. The summed E-state index contributed by atoms with van der Waals surface area (Å²) in [5.41, 5.74) is -4.65. The Balaban J connectivity index is 2.57. The minimum absolute atomic E-state index is 0.0322. The van der Waals surface area contributed by atoms with Crippen LogP contribution in [0.3, 0.4) is 0 Å². The molecule has 2 rings (SSSR count). The number of anilines is 1. The lowest BCUT2D eigenvalue weighted by molar-refractivity contribution is -0.144. The molecular weight excluding hydrogens is 618 g/mol. The smallest absolute Gasteiger partial charge is 0.497 e. The van der Waals surface area contributed by atoms with E-state index in [9.17, 15) is 26.4 Å². The molecule has 2 aromatic rings. The molecule has 194 valence electrons. The molecule has 35 heavy (non-hydrogen) atoms. The van der Waals surface area contributed by atoms with Crippen LogP contribution in [0.5, 0.6) is 11.5 Å². The van der Waals surface area contributed by atoms with E-state index in [1.54, 1.807) is 25.1 Å². The van der Waals surface area contributed by atoms with Gasteiger partial charge in [0.15, 0.2) is 0 Å². The monoisotopic (exact) mass is 645 g/mol. The van der Waals surface area contributed by atoms with E-state index in [1.807, 2.05) is 31.8 Å². The summed E-state index contributed by atoms with van der Waals surface area (Å²) in [6.45, 7) is 7.23. The Bertz CT molecular complexity index is 1150.